The molecule has 93 valence electrons. The van der Waals surface area contributed by atoms with E-state index in [1.807, 2.05) is 18.2 Å². The summed E-state index contributed by atoms with van der Waals surface area (Å²) in [5.74, 6) is 0.607. The van der Waals surface area contributed by atoms with Crippen LogP contribution in [0.15, 0.2) is 42.5 Å². The van der Waals surface area contributed by atoms with Crippen molar-refractivity contribution in [2.75, 3.05) is 6.61 Å². The fourth-order valence-corrected chi connectivity index (χ4v) is 1.67. The molecule has 2 aromatic carbocycles. The van der Waals surface area contributed by atoms with E-state index in [0.29, 0.717) is 0 Å². The Morgan fingerprint density at radius 3 is 2.67 bits per heavy atom. The van der Waals surface area contributed by atoms with Gasteiger partial charge < -0.3 is 4.74 Å². The molecule has 0 saturated heterocycles. The maximum Gasteiger partial charge on any atom is 0.123 e. The van der Waals surface area contributed by atoms with Gasteiger partial charge in [0, 0.05) is 0 Å². The molecular formula is C16H16FO. The lowest BCUT2D eigenvalue weighted by atomic mass is 10.1. The van der Waals surface area contributed by atoms with Crippen molar-refractivity contribution in [3.8, 4) is 16.9 Å². The van der Waals surface area contributed by atoms with Gasteiger partial charge in [0.1, 0.15) is 11.6 Å². The van der Waals surface area contributed by atoms with Crippen LogP contribution >= 0.6 is 0 Å². The van der Waals surface area contributed by atoms with Crippen LogP contribution in [-0.2, 0) is 0 Å². The van der Waals surface area contributed by atoms with Crippen LogP contribution < -0.4 is 4.74 Å². The average molecular weight is 243 g/mol. The molecule has 0 spiro atoms. The Labute approximate surface area is 107 Å². The standard InChI is InChI=1S/C16H16FO/c1-2-3-11-18-16-6-4-5-14(12-16)13-7-9-15(17)10-8-13/h4,6-10,12H,2-3,11H2,1H3. The number of rotatable bonds is 5. The molecule has 0 unspecified atom stereocenters. The highest BCUT2D eigenvalue weighted by molar-refractivity contribution is 5.64. The molecule has 0 fully saturated rings. The monoisotopic (exact) mass is 243 g/mol. The molecule has 0 N–H and O–H groups in total. The Morgan fingerprint density at radius 2 is 1.94 bits per heavy atom. The molecule has 0 aliphatic carbocycles. The van der Waals surface area contributed by atoms with Crippen LogP contribution in [0, 0.1) is 11.9 Å². The SMILES string of the molecule is CCCCOc1cc[c]c(-c2ccc(F)cc2)c1. The molecule has 0 aliphatic rings. The van der Waals surface area contributed by atoms with Crippen molar-refractivity contribution in [3.63, 3.8) is 0 Å². The molecule has 0 heterocycles. The Bertz CT molecular complexity index is 491. The van der Waals surface area contributed by atoms with Crippen molar-refractivity contribution < 1.29 is 9.13 Å². The van der Waals surface area contributed by atoms with Gasteiger partial charge in [0.15, 0.2) is 0 Å². The highest BCUT2D eigenvalue weighted by Gasteiger charge is 2.01. The normalized spacial score (nSPS) is 10.3. The first kappa shape index (κ1) is 12.6. The first-order chi connectivity index (χ1) is 8.79. The summed E-state index contributed by atoms with van der Waals surface area (Å²) in [5.41, 5.74) is 1.86. The third-order valence-electron chi connectivity index (χ3n) is 2.69. The first-order valence-electron chi connectivity index (χ1n) is 6.20. The van der Waals surface area contributed by atoms with E-state index >= 15 is 0 Å². The van der Waals surface area contributed by atoms with Crippen LogP contribution in [0.5, 0.6) is 5.75 Å². The molecule has 1 radical (unpaired) electrons. The molecule has 2 aromatic rings. The molecule has 0 amide bonds. The predicted octanol–water partition coefficient (Wildman–Crippen LogP) is 4.47. The number of halogens is 1. The molecule has 0 saturated carbocycles. The number of ether oxygens (including phenoxy) is 1. The van der Waals surface area contributed by atoms with Gasteiger partial charge in [-0.05, 0) is 47.9 Å². The minimum atomic E-state index is -0.228. The summed E-state index contributed by atoms with van der Waals surface area (Å²) >= 11 is 0. The number of benzene rings is 2. The van der Waals surface area contributed by atoms with E-state index in [0.717, 1.165) is 36.3 Å². The van der Waals surface area contributed by atoms with Gasteiger partial charge in [-0.3, -0.25) is 0 Å². The zero-order chi connectivity index (χ0) is 12.8. The summed E-state index contributed by atoms with van der Waals surface area (Å²) in [6.45, 7) is 2.86. The minimum Gasteiger partial charge on any atom is -0.494 e. The van der Waals surface area contributed by atoms with E-state index in [2.05, 4.69) is 13.0 Å². The van der Waals surface area contributed by atoms with Crippen molar-refractivity contribution in [2.45, 2.75) is 19.8 Å². The molecule has 0 aromatic heterocycles. The van der Waals surface area contributed by atoms with Crippen molar-refractivity contribution in [2.24, 2.45) is 0 Å². The van der Waals surface area contributed by atoms with Gasteiger partial charge in [0.25, 0.3) is 0 Å². The van der Waals surface area contributed by atoms with E-state index in [9.17, 15) is 4.39 Å². The second kappa shape index (κ2) is 6.20. The van der Waals surface area contributed by atoms with Crippen LogP contribution in [0.3, 0.4) is 0 Å². The fraction of sp³-hybridized carbons (Fsp3) is 0.250. The summed E-state index contributed by atoms with van der Waals surface area (Å²) in [6, 6.07) is 15.2. The van der Waals surface area contributed by atoms with Gasteiger partial charge in [-0.2, -0.15) is 0 Å². The van der Waals surface area contributed by atoms with Crippen LogP contribution in [0.25, 0.3) is 11.1 Å². The lowest BCUT2D eigenvalue weighted by molar-refractivity contribution is 0.309. The largest absolute Gasteiger partial charge is 0.494 e. The maximum atomic E-state index is 12.9. The molecule has 2 heteroatoms. The molecule has 0 atom stereocenters. The van der Waals surface area contributed by atoms with E-state index in [-0.39, 0.29) is 5.82 Å². The van der Waals surface area contributed by atoms with E-state index in [1.165, 1.54) is 12.1 Å². The van der Waals surface area contributed by atoms with Gasteiger partial charge in [-0.15, -0.1) is 0 Å². The van der Waals surface area contributed by atoms with E-state index < -0.39 is 0 Å². The third kappa shape index (κ3) is 3.33. The number of hydrogen-bond donors (Lipinski definition) is 0. The molecule has 2 rings (SSSR count). The highest BCUT2D eigenvalue weighted by Crippen LogP contribution is 2.23. The summed E-state index contributed by atoms with van der Waals surface area (Å²) in [4.78, 5) is 0. The van der Waals surface area contributed by atoms with Crippen molar-refractivity contribution in [3.05, 3.63) is 54.3 Å². The van der Waals surface area contributed by atoms with E-state index in [1.54, 1.807) is 12.1 Å². The molecule has 0 bridgehead atoms. The van der Waals surface area contributed by atoms with Crippen molar-refractivity contribution >= 4 is 0 Å². The first-order valence-corrected chi connectivity index (χ1v) is 6.20. The zero-order valence-corrected chi connectivity index (χ0v) is 10.4. The summed E-state index contributed by atoms with van der Waals surface area (Å²) in [7, 11) is 0. The molecule has 0 aliphatic heterocycles. The topological polar surface area (TPSA) is 9.23 Å². The Balaban J connectivity index is 2.13. The van der Waals surface area contributed by atoms with Crippen molar-refractivity contribution in [1.82, 2.24) is 0 Å². The zero-order valence-electron chi connectivity index (χ0n) is 10.4. The van der Waals surface area contributed by atoms with Crippen LogP contribution in [0.1, 0.15) is 19.8 Å². The molecule has 18 heavy (non-hydrogen) atoms. The van der Waals surface area contributed by atoms with Gasteiger partial charge in [0.2, 0.25) is 0 Å². The lowest BCUT2D eigenvalue weighted by Gasteiger charge is -2.07. The highest BCUT2D eigenvalue weighted by atomic mass is 19.1. The number of unbranched alkanes of at least 4 members (excludes halogenated alkanes) is 1. The van der Waals surface area contributed by atoms with Gasteiger partial charge in [-0.25, -0.2) is 4.39 Å². The second-order valence-corrected chi connectivity index (χ2v) is 4.15. The summed E-state index contributed by atoms with van der Waals surface area (Å²) in [5, 5.41) is 0. The van der Waals surface area contributed by atoms with Crippen LogP contribution in [0.4, 0.5) is 4.39 Å². The van der Waals surface area contributed by atoms with Gasteiger partial charge in [-0.1, -0.05) is 31.5 Å². The Kier molecular flexibility index (Phi) is 4.35. The molecule has 1 nitrogen and oxygen atoms in total. The van der Waals surface area contributed by atoms with Crippen LogP contribution in [0.2, 0.25) is 0 Å². The fourth-order valence-electron chi connectivity index (χ4n) is 1.67. The maximum absolute atomic E-state index is 12.9. The summed E-state index contributed by atoms with van der Waals surface area (Å²) < 4.78 is 18.5. The number of hydrogen-bond acceptors (Lipinski definition) is 1. The van der Waals surface area contributed by atoms with Crippen LogP contribution in [-0.4, -0.2) is 6.61 Å². The second-order valence-electron chi connectivity index (χ2n) is 4.15. The quantitative estimate of drug-likeness (QED) is 0.704. The Morgan fingerprint density at radius 1 is 1.17 bits per heavy atom. The minimum absolute atomic E-state index is 0.228. The van der Waals surface area contributed by atoms with Gasteiger partial charge in [0.05, 0.1) is 6.61 Å². The molecular weight excluding hydrogens is 227 g/mol. The van der Waals surface area contributed by atoms with Crippen molar-refractivity contribution in [1.29, 1.82) is 0 Å². The lowest BCUT2D eigenvalue weighted by Crippen LogP contribution is -1.96. The Hall–Kier alpha value is -1.83. The van der Waals surface area contributed by atoms with Gasteiger partial charge >= 0.3 is 0 Å². The third-order valence-corrected chi connectivity index (χ3v) is 2.69. The predicted molar refractivity (Wildman–Crippen MR) is 71.1 cm³/mol. The van der Waals surface area contributed by atoms with E-state index in [4.69, 9.17) is 4.74 Å². The average Bonchev–Trinajstić information content (AvgIpc) is 2.40. The smallest absolute Gasteiger partial charge is 0.123 e. The summed E-state index contributed by atoms with van der Waals surface area (Å²) in [6.07, 6.45) is 2.16.